The van der Waals surface area contributed by atoms with Crippen LogP contribution in [0.2, 0.25) is 0 Å². The topological polar surface area (TPSA) is 59.9 Å². The van der Waals surface area contributed by atoms with Crippen LogP contribution in [0, 0.1) is 11.3 Å². The number of nitrogens with zero attached hydrogens (tertiary/aromatic N) is 2. The Balaban J connectivity index is 1.34. The molecule has 4 nitrogen and oxygen atoms in total. The average Bonchev–Trinajstić information content (AvgIpc) is 3.25. The van der Waals surface area contributed by atoms with Crippen LogP contribution in [0.1, 0.15) is 34.4 Å². The number of rotatable bonds is 4. The minimum absolute atomic E-state index is 0.220. The Kier molecular flexibility index (Phi) is 4.29. The number of thiophene rings is 1. The number of fused-ring (bicyclic) bond motifs is 2. The second-order valence-corrected chi connectivity index (χ2v) is 7.41. The average molecular weight is 349 g/mol. The second kappa shape index (κ2) is 6.73. The van der Waals surface area contributed by atoms with Gasteiger partial charge in [0.15, 0.2) is 0 Å². The van der Waals surface area contributed by atoms with Gasteiger partial charge in [-0.1, -0.05) is 18.2 Å². The molecule has 0 fully saturated rings. The van der Waals surface area contributed by atoms with Crippen LogP contribution in [-0.2, 0) is 24.2 Å². The maximum absolute atomic E-state index is 12.5. The number of carbonyl (C=O) groups excluding carboxylic acids is 1. The second-order valence-electron chi connectivity index (χ2n) is 6.44. The van der Waals surface area contributed by atoms with Crippen molar-refractivity contribution < 1.29 is 4.79 Å². The lowest BCUT2D eigenvalue weighted by molar-refractivity contribution is -0.132. The van der Waals surface area contributed by atoms with Gasteiger partial charge in [0.25, 0.3) is 0 Å². The highest BCUT2D eigenvalue weighted by Gasteiger charge is 2.23. The number of hydrogen-bond acceptors (Lipinski definition) is 3. The predicted octanol–water partition coefficient (Wildman–Crippen LogP) is 4.01. The van der Waals surface area contributed by atoms with Crippen LogP contribution in [-0.4, -0.2) is 22.3 Å². The molecule has 1 aliphatic heterocycles. The Labute approximate surface area is 150 Å². The molecular weight excluding hydrogens is 330 g/mol. The van der Waals surface area contributed by atoms with Crippen molar-refractivity contribution in [2.45, 2.75) is 32.2 Å². The number of aryl methyl sites for hydroxylation is 1. The van der Waals surface area contributed by atoms with E-state index in [0.717, 1.165) is 42.5 Å². The van der Waals surface area contributed by atoms with E-state index in [1.165, 1.54) is 15.8 Å². The number of benzene rings is 1. The summed E-state index contributed by atoms with van der Waals surface area (Å²) in [5, 5.41) is 12.3. The molecule has 3 aromatic rings. The molecule has 1 N–H and O–H groups in total. The van der Waals surface area contributed by atoms with Crippen molar-refractivity contribution in [1.29, 1.82) is 5.26 Å². The summed E-state index contributed by atoms with van der Waals surface area (Å²) in [7, 11) is 0. The molecule has 25 heavy (non-hydrogen) atoms. The van der Waals surface area contributed by atoms with Crippen LogP contribution >= 0.6 is 11.3 Å². The molecule has 1 aliphatic rings. The van der Waals surface area contributed by atoms with Crippen molar-refractivity contribution >= 4 is 28.1 Å². The van der Waals surface area contributed by atoms with Gasteiger partial charge < -0.3 is 9.88 Å². The Morgan fingerprint density at radius 1 is 1.36 bits per heavy atom. The maximum atomic E-state index is 12.5. The van der Waals surface area contributed by atoms with E-state index in [-0.39, 0.29) is 5.91 Å². The number of nitrogens with one attached hydrogen (secondary N) is 1. The van der Waals surface area contributed by atoms with Crippen LogP contribution in [0.5, 0.6) is 0 Å². The van der Waals surface area contributed by atoms with Gasteiger partial charge in [-0.2, -0.15) is 5.26 Å². The van der Waals surface area contributed by atoms with Gasteiger partial charge >= 0.3 is 0 Å². The van der Waals surface area contributed by atoms with Crippen molar-refractivity contribution in [1.82, 2.24) is 9.88 Å². The number of hydrogen-bond donors (Lipinski definition) is 1. The zero-order valence-electron chi connectivity index (χ0n) is 13.9. The third-order valence-corrected chi connectivity index (χ3v) is 5.95. The summed E-state index contributed by atoms with van der Waals surface area (Å²) in [6.45, 7) is 1.39. The lowest BCUT2D eigenvalue weighted by Crippen LogP contribution is -2.35. The molecular formula is C20H19N3OS. The quantitative estimate of drug-likeness (QED) is 0.774. The van der Waals surface area contributed by atoms with Crippen molar-refractivity contribution in [3.05, 3.63) is 57.4 Å². The van der Waals surface area contributed by atoms with Crippen LogP contribution in [0.4, 0.5) is 0 Å². The minimum atomic E-state index is 0.220. The van der Waals surface area contributed by atoms with E-state index in [9.17, 15) is 4.79 Å². The van der Waals surface area contributed by atoms with Gasteiger partial charge in [0.05, 0.1) is 12.1 Å². The van der Waals surface area contributed by atoms with Crippen LogP contribution in [0.25, 0.3) is 10.9 Å². The van der Waals surface area contributed by atoms with Gasteiger partial charge in [0, 0.05) is 40.3 Å². The summed E-state index contributed by atoms with van der Waals surface area (Å²) in [5.41, 5.74) is 4.36. The molecule has 0 atom stereocenters. The van der Waals surface area contributed by atoms with Gasteiger partial charge in [0.2, 0.25) is 5.91 Å². The molecule has 1 amide bonds. The molecule has 3 heterocycles. The molecule has 1 aromatic carbocycles. The minimum Gasteiger partial charge on any atom is -0.361 e. The Hall–Kier alpha value is -2.58. The van der Waals surface area contributed by atoms with Gasteiger partial charge in [-0.25, -0.2) is 0 Å². The van der Waals surface area contributed by atoms with Crippen LogP contribution < -0.4 is 0 Å². The van der Waals surface area contributed by atoms with E-state index < -0.39 is 0 Å². The number of nitriles is 1. The van der Waals surface area contributed by atoms with E-state index in [2.05, 4.69) is 29.4 Å². The fraction of sp³-hybridized carbons (Fsp3) is 0.300. The van der Waals surface area contributed by atoms with E-state index in [1.54, 1.807) is 11.3 Å². The molecule has 126 valence electrons. The van der Waals surface area contributed by atoms with Crippen LogP contribution in [0.3, 0.4) is 0 Å². The molecule has 0 saturated heterocycles. The predicted molar refractivity (Wildman–Crippen MR) is 99.4 cm³/mol. The normalized spacial score (nSPS) is 13.6. The first kappa shape index (κ1) is 15.9. The number of H-pyrrole nitrogens is 1. The molecule has 4 rings (SSSR count). The standard InChI is InChI=1S/C20H19N3OS/c21-10-15-13-25-19-12-23(9-8-17(15)19)20(24)7-3-4-14-11-22-18-6-2-1-5-16(14)18/h1-2,5-6,11,13,22H,3-4,7-9,12H2. The van der Waals surface area contributed by atoms with E-state index in [0.29, 0.717) is 13.0 Å². The third kappa shape index (κ3) is 3.06. The lowest BCUT2D eigenvalue weighted by Gasteiger charge is -2.27. The molecule has 0 bridgehead atoms. The van der Waals surface area contributed by atoms with E-state index >= 15 is 0 Å². The van der Waals surface area contributed by atoms with Crippen molar-refractivity contribution in [2.75, 3.05) is 6.54 Å². The Morgan fingerprint density at radius 3 is 3.12 bits per heavy atom. The highest BCUT2D eigenvalue weighted by atomic mass is 32.1. The number of aromatic amines is 1. The Bertz CT molecular complexity index is 963. The van der Waals surface area contributed by atoms with E-state index in [1.807, 2.05) is 22.4 Å². The number of carbonyl (C=O) groups is 1. The third-order valence-electron chi connectivity index (χ3n) is 4.93. The zero-order chi connectivity index (χ0) is 17.2. The maximum Gasteiger partial charge on any atom is 0.222 e. The first-order chi connectivity index (χ1) is 12.3. The molecule has 5 heteroatoms. The molecule has 0 aliphatic carbocycles. The first-order valence-corrected chi connectivity index (χ1v) is 9.46. The van der Waals surface area contributed by atoms with Crippen molar-refractivity contribution in [3.63, 3.8) is 0 Å². The molecule has 0 unspecified atom stereocenters. The SMILES string of the molecule is N#Cc1csc2c1CCN(C(=O)CCCc1c[nH]c3ccccc13)C2. The monoisotopic (exact) mass is 349 g/mol. The summed E-state index contributed by atoms with van der Waals surface area (Å²) in [6, 6.07) is 10.5. The molecule has 0 spiro atoms. The van der Waals surface area contributed by atoms with Gasteiger partial charge in [-0.3, -0.25) is 4.79 Å². The summed E-state index contributed by atoms with van der Waals surface area (Å²) in [4.78, 5) is 18.9. The number of para-hydroxylation sites is 1. The number of aromatic nitrogens is 1. The van der Waals surface area contributed by atoms with Crippen LogP contribution in [0.15, 0.2) is 35.8 Å². The van der Waals surface area contributed by atoms with Gasteiger partial charge in [-0.15, -0.1) is 11.3 Å². The summed E-state index contributed by atoms with van der Waals surface area (Å²) in [5.74, 6) is 0.220. The smallest absolute Gasteiger partial charge is 0.222 e. The Morgan fingerprint density at radius 2 is 2.24 bits per heavy atom. The highest BCUT2D eigenvalue weighted by Crippen LogP contribution is 2.28. The summed E-state index contributed by atoms with van der Waals surface area (Å²) >= 11 is 1.60. The fourth-order valence-corrected chi connectivity index (χ4v) is 4.60. The first-order valence-electron chi connectivity index (χ1n) is 8.58. The van der Waals surface area contributed by atoms with Gasteiger partial charge in [0.1, 0.15) is 6.07 Å². The molecule has 2 aromatic heterocycles. The molecule has 0 radical (unpaired) electrons. The zero-order valence-corrected chi connectivity index (χ0v) is 14.7. The summed E-state index contributed by atoms with van der Waals surface area (Å²) in [6.07, 6.45) is 5.20. The number of amides is 1. The highest BCUT2D eigenvalue weighted by molar-refractivity contribution is 7.10. The van der Waals surface area contributed by atoms with Gasteiger partial charge in [-0.05, 0) is 36.5 Å². The fourth-order valence-electron chi connectivity index (χ4n) is 3.56. The summed E-state index contributed by atoms with van der Waals surface area (Å²) < 4.78 is 0. The van der Waals surface area contributed by atoms with E-state index in [4.69, 9.17) is 5.26 Å². The van der Waals surface area contributed by atoms with Crippen molar-refractivity contribution in [3.8, 4) is 6.07 Å². The van der Waals surface area contributed by atoms with Crippen molar-refractivity contribution in [2.24, 2.45) is 0 Å². The lowest BCUT2D eigenvalue weighted by atomic mass is 10.0. The molecule has 0 saturated carbocycles. The largest absolute Gasteiger partial charge is 0.361 e.